The summed E-state index contributed by atoms with van der Waals surface area (Å²) in [6.07, 6.45) is 2.19. The average molecular weight is 794 g/mol. The number of hydrogen-bond donors (Lipinski definition) is 2. The maximum Gasteiger partial charge on any atom is 0.160 e. The van der Waals surface area contributed by atoms with Gasteiger partial charge in [0.25, 0.3) is 0 Å². The van der Waals surface area contributed by atoms with Gasteiger partial charge in [-0.15, -0.1) is 0 Å². The van der Waals surface area contributed by atoms with Crippen molar-refractivity contribution in [1.82, 2.24) is 19.9 Å². The summed E-state index contributed by atoms with van der Waals surface area (Å²) in [5.41, 5.74) is 16.2. The molecule has 0 spiro atoms. The van der Waals surface area contributed by atoms with E-state index in [1.54, 1.807) is 0 Å². The van der Waals surface area contributed by atoms with Gasteiger partial charge in [-0.25, -0.2) is 9.97 Å². The fourth-order valence-corrected chi connectivity index (χ4v) is 8.65. The lowest BCUT2D eigenvalue weighted by Crippen LogP contribution is -2.20. The molecule has 2 N–H and O–H groups in total. The lowest BCUT2D eigenvalue weighted by atomic mass is 9.88. The summed E-state index contributed by atoms with van der Waals surface area (Å²) in [6.45, 7) is 0. The van der Waals surface area contributed by atoms with Crippen LogP contribution in [0.3, 0.4) is 0 Å². The van der Waals surface area contributed by atoms with Crippen LogP contribution < -0.4 is 5.32 Å². The Labute approximate surface area is 360 Å². The number of hydrogen-bond acceptors (Lipinski definition) is 4. The molecule has 5 heteroatoms. The molecular formula is C57H39N5. The monoisotopic (exact) mass is 793 g/mol. The standard InChI is InChI=1S/C57H39N5/c58-55(41-21-8-3-9-22-41)54(40-19-6-2-7-20-40)56-46-26-11-10-23-43(46)36-49(59-56)39-31-33-42(34-32-39)57-60-50(38-17-4-1-5-18-38)37-51(61-57)44-24-16-25-45(35-44)62-52-29-14-12-27-47(52)48-28-13-15-30-53(48)62/h1-37,58-59H/b56-54-,58-55?. The molecule has 0 fully saturated rings. The molecule has 2 aromatic heterocycles. The normalized spacial score (nSPS) is 13.0. The van der Waals surface area contributed by atoms with E-state index >= 15 is 0 Å². The van der Waals surface area contributed by atoms with Gasteiger partial charge in [-0.1, -0.05) is 188 Å². The first-order valence-corrected chi connectivity index (χ1v) is 20.8. The summed E-state index contributed by atoms with van der Waals surface area (Å²) in [5, 5.41) is 15.8. The van der Waals surface area contributed by atoms with Gasteiger partial charge in [0.2, 0.25) is 0 Å². The highest BCUT2D eigenvalue weighted by Crippen LogP contribution is 2.38. The van der Waals surface area contributed by atoms with Crippen molar-refractivity contribution in [2.45, 2.75) is 0 Å². The Balaban J connectivity index is 0.998. The van der Waals surface area contributed by atoms with Crippen LogP contribution in [0.25, 0.3) is 84.4 Å². The zero-order chi connectivity index (χ0) is 41.4. The first-order valence-electron chi connectivity index (χ1n) is 20.8. The van der Waals surface area contributed by atoms with E-state index in [-0.39, 0.29) is 0 Å². The van der Waals surface area contributed by atoms with Crippen LogP contribution in [0.1, 0.15) is 27.8 Å². The van der Waals surface area contributed by atoms with Gasteiger partial charge >= 0.3 is 0 Å². The van der Waals surface area contributed by atoms with Crippen molar-refractivity contribution in [3.05, 3.63) is 246 Å². The minimum atomic E-state index is 0.456. The third-order valence-electron chi connectivity index (χ3n) is 11.6. The number of rotatable bonds is 8. The number of fused-ring (bicyclic) bond motifs is 4. The van der Waals surface area contributed by atoms with Crippen molar-refractivity contribution in [2.75, 3.05) is 0 Å². The molecule has 1 aliphatic heterocycles. The van der Waals surface area contributed by atoms with Gasteiger partial charge in [0, 0.05) is 55.5 Å². The Hall–Kier alpha value is -8.41. The molecule has 0 bridgehead atoms. The summed E-state index contributed by atoms with van der Waals surface area (Å²) < 4.78 is 2.34. The molecule has 10 aromatic rings. The Bertz CT molecular complexity index is 3310. The Morgan fingerprint density at radius 3 is 1.69 bits per heavy atom. The second-order valence-electron chi connectivity index (χ2n) is 15.5. The van der Waals surface area contributed by atoms with Gasteiger partial charge in [0.15, 0.2) is 5.82 Å². The Morgan fingerprint density at radius 1 is 0.452 bits per heavy atom. The van der Waals surface area contributed by atoms with Gasteiger partial charge in [-0.2, -0.15) is 0 Å². The highest BCUT2D eigenvalue weighted by atomic mass is 15.0. The molecule has 0 aliphatic carbocycles. The fraction of sp³-hybridized carbons (Fsp3) is 0. The fourth-order valence-electron chi connectivity index (χ4n) is 8.65. The van der Waals surface area contributed by atoms with E-state index < -0.39 is 0 Å². The highest BCUT2D eigenvalue weighted by Gasteiger charge is 2.24. The second-order valence-corrected chi connectivity index (χ2v) is 15.5. The highest BCUT2D eigenvalue weighted by molar-refractivity contribution is 6.36. The van der Waals surface area contributed by atoms with Crippen LogP contribution >= 0.6 is 0 Å². The molecule has 0 saturated carbocycles. The Kier molecular flexibility index (Phi) is 9.25. The van der Waals surface area contributed by atoms with Crippen LogP contribution in [0.2, 0.25) is 0 Å². The lowest BCUT2D eigenvalue weighted by molar-refractivity contribution is 1.16. The summed E-state index contributed by atoms with van der Waals surface area (Å²) in [4.78, 5) is 10.4. The minimum absolute atomic E-state index is 0.456. The summed E-state index contributed by atoms with van der Waals surface area (Å²) >= 11 is 0. The van der Waals surface area contributed by atoms with Crippen LogP contribution in [0.4, 0.5) is 0 Å². The number of benzene rings is 8. The van der Waals surface area contributed by atoms with Crippen molar-refractivity contribution in [3.63, 3.8) is 0 Å². The van der Waals surface area contributed by atoms with Crippen molar-refractivity contribution < 1.29 is 0 Å². The molecule has 292 valence electrons. The number of para-hydroxylation sites is 2. The van der Waals surface area contributed by atoms with Crippen LogP contribution in [-0.2, 0) is 0 Å². The number of allylic oxidation sites excluding steroid dienone is 1. The first-order chi connectivity index (χ1) is 30.7. The van der Waals surface area contributed by atoms with Gasteiger partial charge in [0.1, 0.15) is 0 Å². The van der Waals surface area contributed by atoms with E-state index in [2.05, 4.69) is 168 Å². The first kappa shape index (κ1) is 36.7. The van der Waals surface area contributed by atoms with E-state index in [1.807, 2.05) is 66.7 Å². The number of aromatic nitrogens is 3. The molecule has 0 atom stereocenters. The second kappa shape index (κ2) is 15.6. The summed E-state index contributed by atoms with van der Waals surface area (Å²) in [6, 6.07) is 75.3. The van der Waals surface area contributed by atoms with Crippen molar-refractivity contribution in [1.29, 1.82) is 5.41 Å². The topological polar surface area (TPSA) is 66.6 Å². The minimum Gasteiger partial charge on any atom is -0.354 e. The zero-order valence-electron chi connectivity index (χ0n) is 33.7. The van der Waals surface area contributed by atoms with Gasteiger partial charge in [-0.3, -0.25) is 5.41 Å². The lowest BCUT2D eigenvalue weighted by Gasteiger charge is -2.26. The SMILES string of the molecule is N=C(/C(=C1\NC(c2ccc(-c3nc(-c4ccccc4)cc(-c4cccc(-n5c6ccccc6c6ccccc65)c4)n3)cc2)=Cc2ccccc21)c1ccccc1)c1ccccc1. The number of nitrogens with one attached hydrogen (secondary N) is 2. The molecule has 1 aliphatic rings. The van der Waals surface area contributed by atoms with E-state index in [1.165, 1.54) is 21.8 Å². The van der Waals surface area contributed by atoms with E-state index in [0.29, 0.717) is 11.5 Å². The van der Waals surface area contributed by atoms with Gasteiger partial charge in [0.05, 0.1) is 33.8 Å². The molecule has 0 saturated heterocycles. The van der Waals surface area contributed by atoms with Crippen molar-refractivity contribution in [3.8, 4) is 39.6 Å². The largest absolute Gasteiger partial charge is 0.354 e. The van der Waals surface area contributed by atoms with Gasteiger partial charge < -0.3 is 9.88 Å². The smallest absolute Gasteiger partial charge is 0.160 e. The molecule has 3 heterocycles. The summed E-state index contributed by atoms with van der Waals surface area (Å²) in [7, 11) is 0. The maximum absolute atomic E-state index is 9.53. The molecule has 0 unspecified atom stereocenters. The van der Waals surface area contributed by atoms with Crippen molar-refractivity contribution >= 4 is 50.6 Å². The Morgan fingerprint density at radius 2 is 1.00 bits per heavy atom. The molecule has 62 heavy (non-hydrogen) atoms. The third-order valence-corrected chi connectivity index (χ3v) is 11.6. The predicted octanol–water partition coefficient (Wildman–Crippen LogP) is 13.6. The number of nitrogens with zero attached hydrogens (tertiary/aromatic N) is 3. The zero-order valence-corrected chi connectivity index (χ0v) is 33.7. The predicted molar refractivity (Wildman–Crippen MR) is 257 cm³/mol. The molecule has 8 aromatic carbocycles. The molecule has 5 nitrogen and oxygen atoms in total. The quantitative estimate of drug-likeness (QED) is 0.151. The van der Waals surface area contributed by atoms with Crippen LogP contribution in [0.5, 0.6) is 0 Å². The average Bonchev–Trinajstić information content (AvgIpc) is 3.69. The molecule has 0 radical (unpaired) electrons. The van der Waals surface area contributed by atoms with Gasteiger partial charge in [-0.05, 0) is 53.1 Å². The van der Waals surface area contributed by atoms with Crippen LogP contribution in [-0.4, -0.2) is 20.2 Å². The van der Waals surface area contributed by atoms with Crippen molar-refractivity contribution in [2.24, 2.45) is 0 Å². The summed E-state index contributed by atoms with van der Waals surface area (Å²) in [5.74, 6) is 0.648. The van der Waals surface area contributed by atoms with Crippen LogP contribution in [0.15, 0.2) is 218 Å². The maximum atomic E-state index is 9.53. The van der Waals surface area contributed by atoms with E-state index in [4.69, 9.17) is 9.97 Å². The molecule has 0 amide bonds. The molecular weight excluding hydrogens is 755 g/mol. The van der Waals surface area contributed by atoms with Crippen LogP contribution in [0, 0.1) is 5.41 Å². The molecule has 11 rings (SSSR count). The van der Waals surface area contributed by atoms with E-state index in [0.717, 1.165) is 78.6 Å². The van der Waals surface area contributed by atoms with E-state index in [9.17, 15) is 5.41 Å². The third kappa shape index (κ3) is 6.68.